The van der Waals surface area contributed by atoms with E-state index in [0.717, 1.165) is 90.4 Å². The molecule has 14 heteroatoms. The molecule has 2 saturated carbocycles. The lowest BCUT2D eigenvalue weighted by atomic mass is 9.93. The number of methoxy groups -OCH3 is 2. The summed E-state index contributed by atoms with van der Waals surface area (Å²) in [5.74, 6) is 2.79. The Bertz CT molecular complexity index is 2540. The van der Waals surface area contributed by atoms with Crippen LogP contribution in [0.15, 0.2) is 66.6 Å². The fourth-order valence-electron chi connectivity index (χ4n) is 11.0. The largest absolute Gasteiger partial charge is 0.483 e. The van der Waals surface area contributed by atoms with Crippen molar-refractivity contribution in [1.29, 1.82) is 0 Å². The molecular formula is C48H58N8O5S. The van der Waals surface area contributed by atoms with Gasteiger partial charge in [0.1, 0.15) is 34.8 Å². The molecule has 9 rings (SSSR count). The van der Waals surface area contributed by atoms with Crippen LogP contribution >= 0.6 is 11.3 Å². The summed E-state index contributed by atoms with van der Waals surface area (Å²) in [4.78, 5) is 61.8. The maximum absolute atomic E-state index is 14.1. The van der Waals surface area contributed by atoms with Crippen molar-refractivity contribution in [3.63, 3.8) is 0 Å². The van der Waals surface area contributed by atoms with E-state index in [-0.39, 0.29) is 23.7 Å². The van der Waals surface area contributed by atoms with Gasteiger partial charge in [-0.05, 0) is 103 Å². The molecule has 6 atom stereocenters. The minimum Gasteiger partial charge on any atom is -0.483 e. The number of hydrogen-bond acceptors (Lipinski definition) is 9. The van der Waals surface area contributed by atoms with Crippen LogP contribution in [-0.4, -0.2) is 87.0 Å². The average molecular weight is 859 g/mol. The molecule has 5 heterocycles. The van der Waals surface area contributed by atoms with Gasteiger partial charge in [-0.15, -0.1) is 11.3 Å². The van der Waals surface area contributed by atoms with Crippen molar-refractivity contribution in [2.75, 3.05) is 27.3 Å². The van der Waals surface area contributed by atoms with Gasteiger partial charge in [-0.3, -0.25) is 9.59 Å². The summed E-state index contributed by atoms with van der Waals surface area (Å²) in [6.07, 6.45) is 8.77. The summed E-state index contributed by atoms with van der Waals surface area (Å²) in [6.45, 7) is 15.4. The minimum atomic E-state index is -0.691. The number of benzene rings is 2. The molecule has 2 aliphatic carbocycles. The third-order valence-corrected chi connectivity index (χ3v) is 15.4. The number of thiophene rings is 1. The fraction of sp³-hybridized carbons (Fsp3) is 0.479. The fourth-order valence-corrected chi connectivity index (χ4v) is 12.1. The van der Waals surface area contributed by atoms with E-state index < -0.39 is 29.3 Å². The molecule has 4 N–H and O–H groups in total. The Labute approximate surface area is 367 Å². The number of aromatic nitrogens is 4. The van der Waals surface area contributed by atoms with Gasteiger partial charge in [-0.25, -0.2) is 14.8 Å². The number of ether oxygens (including phenoxy) is 2. The van der Waals surface area contributed by atoms with Crippen molar-refractivity contribution >= 4 is 39.3 Å². The van der Waals surface area contributed by atoms with Crippen LogP contribution in [0.4, 0.5) is 4.79 Å². The number of amides is 3. The molecule has 2 aromatic carbocycles. The molecule has 62 heavy (non-hydrogen) atoms. The lowest BCUT2D eigenvalue weighted by molar-refractivity contribution is -0.141. The first kappa shape index (κ1) is 41.7. The minimum absolute atomic E-state index is 0.0502. The summed E-state index contributed by atoms with van der Waals surface area (Å²) in [5.41, 5.74) is 6.41. The number of fused-ring (bicyclic) bond motifs is 5. The predicted molar refractivity (Wildman–Crippen MR) is 241 cm³/mol. The van der Waals surface area contributed by atoms with E-state index in [0.29, 0.717) is 24.3 Å². The Balaban J connectivity index is 0.967. The second-order valence-electron chi connectivity index (χ2n) is 18.7. The van der Waals surface area contributed by atoms with Crippen molar-refractivity contribution in [1.82, 2.24) is 40.4 Å². The normalized spacial score (nSPS) is 23.7. The third-order valence-electron chi connectivity index (χ3n) is 14.3. The molecule has 0 spiro atoms. The number of H-pyrrole nitrogens is 2. The van der Waals surface area contributed by atoms with Gasteiger partial charge in [-0.2, -0.15) is 0 Å². The maximum Gasteiger partial charge on any atom is 0.407 e. The number of hydrogen-bond donors (Lipinski definition) is 4. The Morgan fingerprint density at radius 1 is 0.774 bits per heavy atom. The lowest BCUT2D eigenvalue weighted by Gasteiger charge is -2.40. The number of nitrogens with one attached hydrogen (secondary N) is 4. The quantitative estimate of drug-likeness (QED) is 0.0860. The van der Waals surface area contributed by atoms with E-state index in [1.54, 1.807) is 18.4 Å². The number of imidazole rings is 2. The number of nitrogens with zero attached hydrogens (tertiary/aromatic N) is 4. The Kier molecular flexibility index (Phi) is 10.7. The molecule has 5 aromatic rings. The highest BCUT2D eigenvalue weighted by Crippen LogP contribution is 2.54. The number of carbonyl (C=O) groups is 3. The Morgan fingerprint density at radius 3 is 1.85 bits per heavy atom. The molecule has 2 saturated heterocycles. The van der Waals surface area contributed by atoms with Crippen LogP contribution in [0.3, 0.4) is 0 Å². The molecule has 0 radical (unpaired) electrons. The molecular weight excluding hydrogens is 801 g/mol. The Hall–Kier alpha value is -5.63. The van der Waals surface area contributed by atoms with Gasteiger partial charge in [0.05, 0.1) is 38.0 Å². The summed E-state index contributed by atoms with van der Waals surface area (Å²) in [5, 5.41) is 9.41. The number of rotatable bonds is 13. The van der Waals surface area contributed by atoms with Crippen molar-refractivity contribution in [2.45, 2.75) is 96.3 Å². The monoisotopic (exact) mass is 858 g/mol. The van der Waals surface area contributed by atoms with Crippen LogP contribution in [0.25, 0.3) is 43.7 Å². The van der Waals surface area contributed by atoms with Gasteiger partial charge in [-0.1, -0.05) is 64.1 Å². The SMILES string of the molecule is C=C(N[C@H](C(=O)N1C[C@H]2CC[C@@]1(c1ncc(-c3ccc(-c4ccc(-c5cnc([C@@]67CC[C@H](CN6C(=O)[C@@H](NC(=O)OC)C(C)C)C7)[nH]5)c5scc(C)c45)cc3)[nH]1)C2)C(C)C)OC. The standard InChI is InChI=1S/C48H58N8O5S/c1-26(2)39(51-29(6)60-7)42(57)55-23-30-15-17-47(55,19-30)44-49-21-36(52-44)33-11-9-32(10-12-33)34-13-14-35(41-38(34)28(5)25-62-41)37-22-50-45(53-37)48-18-16-31(20-48)24-56(48)43(58)40(27(3)4)54-46(59)61-8/h9-14,21-22,25-27,30-31,39-40,51H,6,15-20,23-24H2,1-5,7-8H3,(H,49,52)(H,50,53)(H,54,59)/t30-,31-,39-,40-,47-,48-/m0/s1. The van der Waals surface area contributed by atoms with Crippen molar-refractivity contribution < 1.29 is 23.9 Å². The summed E-state index contributed by atoms with van der Waals surface area (Å²) >= 11 is 1.73. The summed E-state index contributed by atoms with van der Waals surface area (Å²) in [7, 11) is 2.87. The Morgan fingerprint density at radius 2 is 1.31 bits per heavy atom. The molecule has 0 unspecified atom stereocenters. The molecule has 2 aliphatic heterocycles. The van der Waals surface area contributed by atoms with Gasteiger partial charge in [0, 0.05) is 28.7 Å². The zero-order chi connectivity index (χ0) is 43.7. The molecule has 4 fully saturated rings. The number of piperidine rings is 2. The first-order chi connectivity index (χ1) is 29.8. The van der Waals surface area contributed by atoms with Gasteiger partial charge < -0.3 is 39.9 Å². The zero-order valence-electron chi connectivity index (χ0n) is 36.8. The molecule has 13 nitrogen and oxygen atoms in total. The van der Waals surface area contributed by atoms with Crippen LogP contribution in [0.2, 0.25) is 0 Å². The highest BCUT2D eigenvalue weighted by Gasteiger charge is 2.58. The molecule has 4 bridgehead atoms. The van der Waals surface area contributed by atoms with Crippen molar-refractivity contribution in [3.8, 4) is 33.6 Å². The molecule has 3 amide bonds. The van der Waals surface area contributed by atoms with Crippen LogP contribution in [-0.2, 0) is 30.1 Å². The third kappa shape index (κ3) is 6.85. The van der Waals surface area contributed by atoms with Gasteiger partial charge in [0.15, 0.2) is 5.88 Å². The highest BCUT2D eigenvalue weighted by atomic mass is 32.1. The summed E-state index contributed by atoms with van der Waals surface area (Å²) < 4.78 is 11.3. The van der Waals surface area contributed by atoms with Crippen LogP contribution < -0.4 is 10.6 Å². The van der Waals surface area contributed by atoms with Crippen molar-refractivity contribution in [3.05, 3.63) is 83.8 Å². The van der Waals surface area contributed by atoms with Crippen LogP contribution in [0, 0.1) is 30.6 Å². The smallest absolute Gasteiger partial charge is 0.407 e. The molecule has 326 valence electrons. The second-order valence-corrected chi connectivity index (χ2v) is 19.6. The van der Waals surface area contributed by atoms with Crippen molar-refractivity contribution in [2.24, 2.45) is 23.7 Å². The van der Waals surface area contributed by atoms with E-state index in [1.807, 2.05) is 45.0 Å². The van der Waals surface area contributed by atoms with E-state index in [2.05, 4.69) is 80.8 Å². The molecule has 4 aliphatic rings. The highest BCUT2D eigenvalue weighted by molar-refractivity contribution is 7.18. The van der Waals surface area contributed by atoms with Gasteiger partial charge in [0.2, 0.25) is 11.8 Å². The average Bonchev–Trinajstić information content (AvgIpc) is 4.14. The number of aromatic amines is 2. The van der Waals surface area contributed by atoms with E-state index in [4.69, 9.17) is 19.4 Å². The van der Waals surface area contributed by atoms with Gasteiger partial charge >= 0.3 is 6.09 Å². The first-order valence-electron chi connectivity index (χ1n) is 22.0. The predicted octanol–water partition coefficient (Wildman–Crippen LogP) is 8.44. The number of aryl methyl sites for hydroxylation is 1. The maximum atomic E-state index is 14.1. The second kappa shape index (κ2) is 15.9. The van der Waals surface area contributed by atoms with E-state index in [1.165, 1.54) is 22.8 Å². The van der Waals surface area contributed by atoms with Crippen LogP contribution in [0.1, 0.15) is 83.4 Å². The van der Waals surface area contributed by atoms with E-state index in [9.17, 15) is 14.4 Å². The first-order valence-corrected chi connectivity index (χ1v) is 22.8. The number of likely N-dealkylation sites (tertiary alicyclic amines) is 2. The lowest BCUT2D eigenvalue weighted by Crippen LogP contribution is -2.56. The van der Waals surface area contributed by atoms with Gasteiger partial charge in [0.25, 0.3) is 0 Å². The zero-order valence-corrected chi connectivity index (χ0v) is 37.6. The number of carbonyl (C=O) groups excluding carboxylic acids is 3. The van der Waals surface area contributed by atoms with E-state index >= 15 is 0 Å². The molecule has 3 aromatic heterocycles. The summed E-state index contributed by atoms with van der Waals surface area (Å²) in [6, 6.07) is 11.9. The van der Waals surface area contributed by atoms with Crippen LogP contribution in [0.5, 0.6) is 0 Å². The number of alkyl carbamates (subject to hydrolysis) is 1. The topological polar surface area (TPSA) is 158 Å².